The molecule has 0 aliphatic rings. The van der Waals surface area contributed by atoms with Crippen LogP contribution in [0.3, 0.4) is 0 Å². The number of carbonyl (C=O) groups excluding carboxylic acids is 1. The number of rotatable bonds is 4. The van der Waals surface area contributed by atoms with Crippen LogP contribution in [0.15, 0.2) is 48.0 Å². The molecule has 0 radical (unpaired) electrons. The van der Waals surface area contributed by atoms with Crippen LogP contribution >= 0.6 is 34.3 Å². The highest BCUT2D eigenvalue weighted by molar-refractivity contribution is 7.18. The van der Waals surface area contributed by atoms with Crippen molar-refractivity contribution in [3.8, 4) is 0 Å². The molecule has 0 unspecified atom stereocenters. The van der Waals surface area contributed by atoms with E-state index >= 15 is 0 Å². The Labute approximate surface area is 149 Å². The number of nitro groups is 1. The second kappa shape index (κ2) is 6.68. The van der Waals surface area contributed by atoms with Gasteiger partial charge in [0.1, 0.15) is 0 Å². The number of halogens is 1. The van der Waals surface area contributed by atoms with Gasteiger partial charge in [-0.25, -0.2) is 0 Å². The number of nitrogens with zero attached hydrogens (tertiary/aromatic N) is 3. The van der Waals surface area contributed by atoms with Gasteiger partial charge in [0.2, 0.25) is 0 Å². The Kier molecular flexibility index (Phi) is 4.61. The highest BCUT2D eigenvalue weighted by Crippen LogP contribution is 2.24. The summed E-state index contributed by atoms with van der Waals surface area (Å²) in [5.74, 6) is -0.397. The standard InChI is InChI=1S/C15H10ClN3O3S2/c1-2-7-18-10-8-9(19(21)22)3-4-11(10)24-15(18)17-14(20)12-5-6-13(16)23-12/h2-6,8H,1,7H2. The summed E-state index contributed by atoms with van der Waals surface area (Å²) in [6.45, 7) is 4.08. The molecule has 3 rings (SSSR count). The number of non-ortho nitro benzene ring substituents is 1. The van der Waals surface area contributed by atoms with E-state index in [4.69, 9.17) is 11.6 Å². The number of thiazole rings is 1. The molecule has 2 aromatic heterocycles. The van der Waals surface area contributed by atoms with Crippen molar-refractivity contribution in [2.75, 3.05) is 0 Å². The first-order valence-electron chi connectivity index (χ1n) is 6.72. The average molecular weight is 380 g/mol. The lowest BCUT2D eigenvalue weighted by Crippen LogP contribution is -2.16. The van der Waals surface area contributed by atoms with Crippen molar-refractivity contribution in [1.82, 2.24) is 4.57 Å². The number of fused-ring (bicyclic) bond motifs is 1. The van der Waals surface area contributed by atoms with Crippen LogP contribution in [-0.2, 0) is 6.54 Å². The van der Waals surface area contributed by atoms with Crippen molar-refractivity contribution >= 4 is 56.1 Å². The molecule has 0 bridgehead atoms. The summed E-state index contributed by atoms with van der Waals surface area (Å²) in [7, 11) is 0. The van der Waals surface area contributed by atoms with E-state index in [1.807, 2.05) is 0 Å². The van der Waals surface area contributed by atoms with E-state index < -0.39 is 10.8 Å². The van der Waals surface area contributed by atoms with Crippen LogP contribution in [0, 0.1) is 10.1 Å². The molecule has 0 spiro atoms. The van der Waals surface area contributed by atoms with E-state index in [2.05, 4.69) is 11.6 Å². The fourth-order valence-corrected chi connectivity index (χ4v) is 4.08. The summed E-state index contributed by atoms with van der Waals surface area (Å²) in [5.41, 5.74) is 0.630. The first kappa shape index (κ1) is 16.6. The molecule has 122 valence electrons. The number of thiophene rings is 1. The number of aromatic nitrogens is 1. The second-order valence-corrected chi connectivity index (χ2v) is 7.44. The lowest BCUT2D eigenvalue weighted by Gasteiger charge is -2.00. The molecule has 9 heteroatoms. The maximum Gasteiger partial charge on any atom is 0.289 e. The quantitative estimate of drug-likeness (QED) is 0.386. The molecular weight excluding hydrogens is 370 g/mol. The number of carbonyl (C=O) groups is 1. The Bertz CT molecular complexity index is 1030. The predicted octanol–water partition coefficient (Wildman–Crippen LogP) is 4.25. The number of hydrogen-bond acceptors (Lipinski definition) is 5. The first-order valence-corrected chi connectivity index (χ1v) is 8.74. The van der Waals surface area contributed by atoms with Crippen molar-refractivity contribution in [3.63, 3.8) is 0 Å². The number of allylic oxidation sites excluding steroid dienone is 1. The van der Waals surface area contributed by atoms with Crippen molar-refractivity contribution < 1.29 is 9.72 Å². The average Bonchev–Trinajstić information content (AvgIpc) is 3.12. The van der Waals surface area contributed by atoms with Crippen LogP contribution in [-0.4, -0.2) is 15.4 Å². The first-order chi connectivity index (χ1) is 11.5. The van der Waals surface area contributed by atoms with Gasteiger partial charge in [-0.1, -0.05) is 29.0 Å². The van der Waals surface area contributed by atoms with Gasteiger partial charge in [0, 0.05) is 18.7 Å². The lowest BCUT2D eigenvalue weighted by molar-refractivity contribution is -0.384. The molecule has 24 heavy (non-hydrogen) atoms. The van der Waals surface area contributed by atoms with Gasteiger partial charge in [0.15, 0.2) is 4.80 Å². The van der Waals surface area contributed by atoms with Gasteiger partial charge in [-0.2, -0.15) is 4.99 Å². The smallest absolute Gasteiger partial charge is 0.289 e. The third-order valence-electron chi connectivity index (χ3n) is 3.17. The van der Waals surface area contributed by atoms with Crippen molar-refractivity contribution in [3.05, 3.63) is 67.1 Å². The summed E-state index contributed by atoms with van der Waals surface area (Å²) < 4.78 is 3.05. The van der Waals surface area contributed by atoms with Crippen molar-refractivity contribution in [1.29, 1.82) is 0 Å². The SMILES string of the molecule is C=CCn1c(=NC(=O)c2ccc(Cl)s2)sc2ccc([N+](=O)[O-])cc21. The normalized spacial score (nSPS) is 11.8. The Hall–Kier alpha value is -2.29. The molecule has 3 aromatic rings. The van der Waals surface area contributed by atoms with Gasteiger partial charge >= 0.3 is 0 Å². The van der Waals surface area contributed by atoms with Crippen LogP contribution in [0.4, 0.5) is 5.69 Å². The molecule has 0 atom stereocenters. The fourth-order valence-electron chi connectivity index (χ4n) is 2.13. The van der Waals surface area contributed by atoms with Gasteiger partial charge in [0.05, 0.1) is 24.4 Å². The van der Waals surface area contributed by atoms with E-state index in [0.29, 0.717) is 26.1 Å². The highest BCUT2D eigenvalue weighted by atomic mass is 35.5. The zero-order valence-electron chi connectivity index (χ0n) is 12.1. The molecule has 0 N–H and O–H groups in total. The maximum absolute atomic E-state index is 12.3. The maximum atomic E-state index is 12.3. The molecule has 2 heterocycles. The van der Waals surface area contributed by atoms with Crippen LogP contribution in [0.2, 0.25) is 4.34 Å². The Morgan fingerprint density at radius 2 is 2.17 bits per heavy atom. The van der Waals surface area contributed by atoms with Gasteiger partial charge in [-0.15, -0.1) is 17.9 Å². The van der Waals surface area contributed by atoms with E-state index in [1.54, 1.807) is 28.8 Å². The monoisotopic (exact) mass is 379 g/mol. The molecule has 1 amide bonds. The summed E-state index contributed by atoms with van der Waals surface area (Å²) in [6, 6.07) is 7.82. The van der Waals surface area contributed by atoms with Gasteiger partial charge in [-0.3, -0.25) is 14.9 Å². The highest BCUT2D eigenvalue weighted by Gasteiger charge is 2.13. The van der Waals surface area contributed by atoms with Crippen LogP contribution in [0.1, 0.15) is 9.67 Å². The summed E-state index contributed by atoms with van der Waals surface area (Å²) in [6.07, 6.45) is 1.65. The fraction of sp³-hybridized carbons (Fsp3) is 0.0667. The number of benzene rings is 1. The summed E-state index contributed by atoms with van der Waals surface area (Å²) in [5, 5.41) is 11.0. The summed E-state index contributed by atoms with van der Waals surface area (Å²) in [4.78, 5) is 27.8. The molecule has 0 aliphatic carbocycles. The molecular formula is C15H10ClN3O3S2. The minimum Gasteiger partial charge on any atom is -0.312 e. The Balaban J connectivity index is 2.17. The number of nitro benzene ring substituents is 1. The largest absolute Gasteiger partial charge is 0.312 e. The zero-order valence-corrected chi connectivity index (χ0v) is 14.5. The second-order valence-electron chi connectivity index (χ2n) is 4.71. The van der Waals surface area contributed by atoms with Crippen molar-refractivity contribution in [2.24, 2.45) is 4.99 Å². The van der Waals surface area contributed by atoms with E-state index in [-0.39, 0.29) is 5.69 Å². The molecule has 0 saturated heterocycles. The molecule has 6 nitrogen and oxygen atoms in total. The molecule has 0 saturated carbocycles. The van der Waals surface area contributed by atoms with Crippen LogP contribution in [0.25, 0.3) is 10.2 Å². The van der Waals surface area contributed by atoms with Crippen LogP contribution < -0.4 is 4.80 Å². The number of hydrogen-bond donors (Lipinski definition) is 0. The minimum absolute atomic E-state index is 0.0129. The third-order valence-corrected chi connectivity index (χ3v) is 5.45. The molecule has 0 aliphatic heterocycles. The zero-order chi connectivity index (χ0) is 17.3. The van der Waals surface area contributed by atoms with E-state index in [1.165, 1.54) is 23.5 Å². The Morgan fingerprint density at radius 1 is 1.38 bits per heavy atom. The topological polar surface area (TPSA) is 77.5 Å². The van der Waals surface area contributed by atoms with Gasteiger partial charge in [-0.05, 0) is 18.2 Å². The Morgan fingerprint density at radius 3 is 2.79 bits per heavy atom. The minimum atomic E-state index is -0.453. The molecule has 0 fully saturated rings. The van der Waals surface area contributed by atoms with Gasteiger partial charge < -0.3 is 4.57 Å². The van der Waals surface area contributed by atoms with Crippen molar-refractivity contribution in [2.45, 2.75) is 6.54 Å². The van der Waals surface area contributed by atoms with E-state index in [0.717, 1.165) is 16.0 Å². The lowest BCUT2D eigenvalue weighted by atomic mass is 10.3. The summed E-state index contributed by atoms with van der Waals surface area (Å²) >= 11 is 8.29. The van der Waals surface area contributed by atoms with E-state index in [9.17, 15) is 14.9 Å². The third kappa shape index (κ3) is 3.16. The molecule has 1 aromatic carbocycles. The van der Waals surface area contributed by atoms with Gasteiger partial charge in [0.25, 0.3) is 11.6 Å². The number of amides is 1. The van der Waals surface area contributed by atoms with Crippen LogP contribution in [0.5, 0.6) is 0 Å². The predicted molar refractivity (Wildman–Crippen MR) is 95.9 cm³/mol.